The third kappa shape index (κ3) is 30.0. The van der Waals surface area contributed by atoms with Gasteiger partial charge in [-0.25, -0.2) is 8.42 Å². The van der Waals surface area contributed by atoms with E-state index in [-0.39, 0.29) is 105 Å². The van der Waals surface area contributed by atoms with E-state index in [0.29, 0.717) is 31.3 Å². The quantitative estimate of drug-likeness (QED) is 0.00730. The molecule has 2 aliphatic rings. The summed E-state index contributed by atoms with van der Waals surface area (Å²) in [6.07, 6.45) is -7.36. The van der Waals surface area contributed by atoms with Crippen LogP contribution in [0.1, 0.15) is 124 Å². The van der Waals surface area contributed by atoms with Crippen molar-refractivity contribution in [3.8, 4) is 0 Å². The average molecular weight is 1230 g/mol. The molecular formula is C59H99NaO23S. The summed E-state index contributed by atoms with van der Waals surface area (Å²) in [6, 6.07) is 0. The number of hydrogen-bond donors (Lipinski definition) is 17. The molecular weight excluding hydrogens is 1130 g/mol. The van der Waals surface area contributed by atoms with Gasteiger partial charge < -0.3 is 101 Å². The predicted octanol–water partition coefficient (Wildman–Crippen LogP) is -2.88. The van der Waals surface area contributed by atoms with Gasteiger partial charge in [-0.2, -0.15) is 0 Å². The van der Waals surface area contributed by atoms with Crippen LogP contribution in [0.2, 0.25) is 0 Å². The summed E-state index contributed by atoms with van der Waals surface area (Å²) in [4.78, 5) is 0. The molecule has 2 fully saturated rings. The number of aliphatic hydroxyl groups excluding tert-OH is 17. The fourth-order valence-electron chi connectivity index (χ4n) is 9.84. The van der Waals surface area contributed by atoms with Gasteiger partial charge in [0.1, 0.15) is 67.1 Å². The Bertz CT molecular complexity index is 2130. The molecule has 2 aliphatic heterocycles. The Kier molecular flexibility index (Phi) is 40.1. The molecule has 17 N–H and O–H groups in total. The number of hydrogen-bond acceptors (Lipinski definition) is 23. The smallest absolute Gasteiger partial charge is 0.726 e. The third-order valence-electron chi connectivity index (χ3n) is 15.1. The SMILES string of the molecule is C=CCC/C=C/C=C/C=C/CC/C=C/C(O)C(O)C1OC(C(O)C(O)C(=C)CCC(O)C2CC(O)C(O)C(C(O)C(O)/C=C(\C)CCC(O)CC(O)C(O)C(C)CC(O)C(O)CC(C)CC/C=C/CC(CO)OS(=O)(=O)[O-])O2)CC(O)C1O.[Na+]. The predicted molar refractivity (Wildman–Crippen MR) is 306 cm³/mol. The van der Waals surface area contributed by atoms with Gasteiger partial charge in [-0.15, -0.1) is 6.58 Å². The zero-order valence-corrected chi connectivity index (χ0v) is 51.9. The summed E-state index contributed by atoms with van der Waals surface area (Å²) in [6.45, 7) is 11.8. The zero-order valence-electron chi connectivity index (χ0n) is 49.1. The Morgan fingerprint density at radius 3 is 1.79 bits per heavy atom. The molecule has 84 heavy (non-hydrogen) atoms. The van der Waals surface area contributed by atoms with Crippen LogP contribution in [0.5, 0.6) is 0 Å². The molecule has 0 bridgehead atoms. The van der Waals surface area contributed by atoms with Crippen molar-refractivity contribution in [2.45, 2.75) is 252 Å². The minimum absolute atomic E-state index is 0. The second kappa shape index (κ2) is 42.1. The maximum atomic E-state index is 11.2. The number of allylic oxidation sites excluding steroid dienone is 10. The van der Waals surface area contributed by atoms with Crippen LogP contribution in [-0.4, -0.2) is 235 Å². The first-order valence-corrected chi connectivity index (χ1v) is 30.1. The van der Waals surface area contributed by atoms with Gasteiger partial charge in [0.25, 0.3) is 0 Å². The molecule has 23 atom stereocenters. The topological polar surface area (TPSA) is 429 Å². The molecule has 2 heterocycles. The van der Waals surface area contributed by atoms with Crippen molar-refractivity contribution in [1.29, 1.82) is 0 Å². The maximum Gasteiger partial charge on any atom is 1.00 e. The first kappa shape index (κ1) is 80.0. The Morgan fingerprint density at radius 2 is 1.20 bits per heavy atom. The van der Waals surface area contributed by atoms with Gasteiger partial charge >= 0.3 is 29.6 Å². The maximum absolute atomic E-state index is 11.2. The van der Waals surface area contributed by atoms with E-state index in [1.54, 1.807) is 32.1 Å². The first-order valence-electron chi connectivity index (χ1n) is 28.7. The van der Waals surface area contributed by atoms with Gasteiger partial charge in [0.2, 0.25) is 10.4 Å². The molecule has 0 saturated carbocycles. The zero-order chi connectivity index (χ0) is 62.6. The van der Waals surface area contributed by atoms with Crippen molar-refractivity contribution in [1.82, 2.24) is 0 Å². The van der Waals surface area contributed by atoms with Crippen LogP contribution in [0.15, 0.2) is 97.2 Å². The summed E-state index contributed by atoms with van der Waals surface area (Å²) < 4.78 is 48.0. The van der Waals surface area contributed by atoms with Crippen molar-refractivity contribution in [2.75, 3.05) is 6.61 Å². The van der Waals surface area contributed by atoms with Gasteiger partial charge in [-0.05, 0) is 108 Å². The molecule has 0 amide bonds. The Labute approximate surface area is 517 Å². The fourth-order valence-corrected chi connectivity index (χ4v) is 10.3. The minimum Gasteiger partial charge on any atom is -0.726 e. The summed E-state index contributed by atoms with van der Waals surface area (Å²) in [5.41, 5.74) is 0.464. The van der Waals surface area contributed by atoms with Gasteiger partial charge in [0.05, 0.1) is 67.6 Å². The first-order chi connectivity index (χ1) is 39.0. The molecule has 2 rings (SSSR count). The number of ether oxygens (including phenoxy) is 2. The van der Waals surface area contributed by atoms with Gasteiger partial charge in [-0.3, -0.25) is 4.18 Å². The summed E-state index contributed by atoms with van der Waals surface area (Å²) in [5, 5.41) is 183. The molecule has 0 aliphatic carbocycles. The van der Waals surface area contributed by atoms with Crippen molar-refractivity contribution in [3.63, 3.8) is 0 Å². The molecule has 480 valence electrons. The van der Waals surface area contributed by atoms with E-state index in [1.165, 1.54) is 12.2 Å². The Hall–Kier alpha value is -1.97. The van der Waals surface area contributed by atoms with Gasteiger partial charge in [0, 0.05) is 19.3 Å². The normalized spacial score (nSPS) is 27.6. The molecule has 0 spiro atoms. The summed E-state index contributed by atoms with van der Waals surface area (Å²) >= 11 is 0. The monoisotopic (exact) mass is 1230 g/mol. The third-order valence-corrected chi connectivity index (χ3v) is 15.6. The van der Waals surface area contributed by atoms with E-state index < -0.39 is 151 Å². The Balaban J connectivity index is 0.0000353. The molecule has 23 unspecified atom stereocenters. The van der Waals surface area contributed by atoms with Crippen LogP contribution >= 0.6 is 0 Å². The van der Waals surface area contributed by atoms with E-state index in [2.05, 4.69) is 17.3 Å². The number of aliphatic hydroxyl groups is 17. The summed E-state index contributed by atoms with van der Waals surface area (Å²) in [7, 11) is -4.97. The molecule has 23 nitrogen and oxygen atoms in total. The average Bonchev–Trinajstić information content (AvgIpc) is 3.47. The van der Waals surface area contributed by atoms with E-state index in [0.717, 1.165) is 12.8 Å². The van der Waals surface area contributed by atoms with Gasteiger partial charge in [0.15, 0.2) is 0 Å². The molecule has 0 aromatic rings. The molecule has 2 saturated heterocycles. The molecule has 0 radical (unpaired) electrons. The summed E-state index contributed by atoms with van der Waals surface area (Å²) in [5.74, 6) is -0.779. The van der Waals surface area contributed by atoms with Crippen molar-refractivity contribution in [2.24, 2.45) is 11.8 Å². The molecule has 0 aromatic carbocycles. The van der Waals surface area contributed by atoms with Crippen LogP contribution in [-0.2, 0) is 24.1 Å². The second-order valence-electron chi connectivity index (χ2n) is 22.4. The van der Waals surface area contributed by atoms with Gasteiger partial charge in [-0.1, -0.05) is 98.9 Å². The van der Waals surface area contributed by atoms with Crippen LogP contribution in [0, 0.1) is 11.8 Å². The minimum atomic E-state index is -4.97. The van der Waals surface area contributed by atoms with Crippen molar-refractivity contribution in [3.05, 3.63) is 97.2 Å². The van der Waals surface area contributed by atoms with Crippen LogP contribution in [0.25, 0.3) is 0 Å². The van der Waals surface area contributed by atoms with Crippen molar-refractivity contribution < 1.29 is 143 Å². The fraction of sp³-hybridized carbons (Fsp3) is 0.729. The van der Waals surface area contributed by atoms with Crippen molar-refractivity contribution >= 4 is 10.4 Å². The molecule has 0 aromatic heterocycles. The second-order valence-corrected chi connectivity index (χ2v) is 23.4. The molecule has 25 heteroatoms. The Morgan fingerprint density at radius 1 is 0.655 bits per heavy atom. The standard InChI is InChI=1S/C59H100O23S.Na/c1-6-7-8-9-10-11-12-13-14-15-16-20-23-42(63)53(72)58-56(75)48(69)33-50(81-58)57(76)52(71)37(4)25-27-41(62)49-32-47(68)55(74)59(80-49)54(73)45(66)29-36(3)24-26-39(61)31-46(67)51(70)38(5)30-44(65)43(64)28-35(2)21-18-17-19-22-40(34-60)82-83(77,78)79;/h6,9-14,17,19-20,23,29,35,38-76H,1,4,7-8,15-16,18,21-22,24-28,30-34H2,2-3,5H3,(H,77,78,79);/q;+1/p-1/b10-9+,12-11+,14-13+,19-17+,23-20+,36-29+;. The largest absolute Gasteiger partial charge is 1.00 e. The van der Waals surface area contributed by atoms with E-state index in [9.17, 15) is 99.8 Å². The van der Waals surface area contributed by atoms with E-state index >= 15 is 0 Å². The van der Waals surface area contributed by atoms with Crippen LogP contribution in [0.3, 0.4) is 0 Å². The van der Waals surface area contributed by atoms with E-state index in [4.69, 9.17) is 9.47 Å². The number of rotatable bonds is 41. The number of unbranched alkanes of at least 4 members (excludes halogenated alkanes) is 2. The van der Waals surface area contributed by atoms with Crippen LogP contribution in [0.4, 0.5) is 0 Å². The van der Waals surface area contributed by atoms with E-state index in [1.807, 2.05) is 49.5 Å². The van der Waals surface area contributed by atoms with Crippen LogP contribution < -0.4 is 29.6 Å².